The SMILES string of the molecule is CCc1c(-c2ccc3c(c2)cc(CN(C)C)n3C)[nH]c(=O)c(C(=O)O)c1N.CCc1c(-c2ccc3c(c2)cc(CN2CCCC2)n3C)[nH]c(=O)c(C(=O)O)c1N.CCc1c(-c2ccc3c(c2)cc(CN2CCCCC2)n3C)[nH]c(=O)c(C(=O)O)c1N.Cn1c(CN2CCC2)cc2cc(-c3cc(O)c(C(=O)O)c(=O)[nH]3)ccc21.Cn1c(CN2CCCC2)cc2cc(-c3cc(O)c(C(=O)O)c(=O)[nH]3)ccc21. The number of fused-ring (bicyclic) bond motifs is 5. The van der Waals surface area contributed by atoms with Gasteiger partial charge >= 0.3 is 29.8 Å². The molecule has 0 amide bonds. The molecule has 4 fully saturated rings. The average molecular weight is 1890 g/mol. The number of nitrogens with two attached hydrogens (primary N) is 3. The van der Waals surface area contributed by atoms with Crippen LogP contribution in [0.4, 0.5) is 17.1 Å². The van der Waals surface area contributed by atoms with Crippen LogP contribution in [0.15, 0.2) is 157 Å². The fourth-order valence-electron chi connectivity index (χ4n) is 19.6. The number of likely N-dealkylation sites (tertiary alicyclic amines) is 4. The molecule has 5 aromatic carbocycles. The summed E-state index contributed by atoms with van der Waals surface area (Å²) in [6.45, 7) is 19.3. The summed E-state index contributed by atoms with van der Waals surface area (Å²) in [6.07, 6.45) is 11.6. The maximum absolute atomic E-state index is 12.4. The highest BCUT2D eigenvalue weighted by Gasteiger charge is 2.29. The van der Waals surface area contributed by atoms with Crippen molar-refractivity contribution in [3.05, 3.63) is 258 Å². The number of carboxylic acid groups (broad SMARTS) is 5. The molecule has 0 bridgehead atoms. The van der Waals surface area contributed by atoms with Gasteiger partial charge in [0.1, 0.15) is 28.2 Å². The summed E-state index contributed by atoms with van der Waals surface area (Å²) in [7, 11) is 14.3. The second-order valence-electron chi connectivity index (χ2n) is 36.4. The van der Waals surface area contributed by atoms with Crippen LogP contribution < -0.4 is 45.0 Å². The highest BCUT2D eigenvalue weighted by molar-refractivity contribution is 6.00. The van der Waals surface area contributed by atoms with Crippen molar-refractivity contribution in [2.45, 2.75) is 124 Å². The van der Waals surface area contributed by atoms with Gasteiger partial charge in [-0.2, -0.15) is 0 Å². The minimum atomic E-state index is -1.45. The first-order chi connectivity index (χ1) is 66.4. The number of aromatic nitrogens is 10. The lowest BCUT2D eigenvalue weighted by Gasteiger charge is -2.30. The van der Waals surface area contributed by atoms with Crippen LogP contribution in [-0.4, -0.2) is 204 Å². The number of aromatic carboxylic acids is 5. The van der Waals surface area contributed by atoms with Gasteiger partial charge in [-0.3, -0.25) is 43.6 Å². The lowest BCUT2D eigenvalue weighted by molar-refractivity contribution is 0.0680. The number of nitrogen functional groups attached to an aromatic ring is 3. The normalized spacial score (nSPS) is 14.1. The Morgan fingerprint density at radius 2 is 0.540 bits per heavy atom. The van der Waals surface area contributed by atoms with Gasteiger partial charge in [-0.25, -0.2) is 24.0 Å². The molecule has 15 aromatic rings. The number of carbonyl (C=O) groups is 5. The van der Waals surface area contributed by atoms with Crippen molar-refractivity contribution in [2.24, 2.45) is 35.2 Å². The summed E-state index contributed by atoms with van der Waals surface area (Å²) in [5.74, 6) is -7.92. The van der Waals surface area contributed by atoms with E-state index >= 15 is 0 Å². The number of pyridine rings is 5. The molecular formula is C104H118N18O17. The number of hydrogen-bond acceptors (Lipinski definition) is 20. The number of piperidine rings is 1. The first-order valence-corrected chi connectivity index (χ1v) is 46.6. The summed E-state index contributed by atoms with van der Waals surface area (Å²) in [6, 6.07) is 42.8. The van der Waals surface area contributed by atoms with E-state index in [2.05, 4.69) is 117 Å². The molecule has 0 radical (unpaired) electrons. The van der Waals surface area contributed by atoms with Crippen molar-refractivity contribution < 1.29 is 59.7 Å². The zero-order valence-electron chi connectivity index (χ0n) is 79.6. The number of rotatable bonds is 23. The van der Waals surface area contributed by atoms with E-state index in [0.717, 1.165) is 156 Å². The molecule has 726 valence electrons. The number of benzene rings is 5. The third-order valence-electron chi connectivity index (χ3n) is 27.3. The smallest absolute Gasteiger partial charge is 0.345 e. The molecule has 0 saturated carbocycles. The Bertz CT molecular complexity index is 7660. The Labute approximate surface area is 798 Å². The Balaban J connectivity index is 0.000000132. The topological polar surface area (TPSA) is 510 Å². The molecule has 35 nitrogen and oxygen atoms in total. The molecule has 18 N–H and O–H groups in total. The van der Waals surface area contributed by atoms with Gasteiger partial charge in [0.25, 0.3) is 27.8 Å². The summed E-state index contributed by atoms with van der Waals surface area (Å²) < 4.78 is 10.9. The first-order valence-electron chi connectivity index (χ1n) is 46.6. The lowest BCUT2D eigenvalue weighted by Crippen LogP contribution is -2.36. The van der Waals surface area contributed by atoms with Crippen LogP contribution in [-0.2, 0) is 87.2 Å². The third-order valence-corrected chi connectivity index (χ3v) is 27.3. The van der Waals surface area contributed by atoms with E-state index < -0.39 is 85.8 Å². The van der Waals surface area contributed by atoms with E-state index in [1.807, 2.05) is 147 Å². The molecule has 139 heavy (non-hydrogen) atoms. The molecule has 35 heteroatoms. The predicted molar refractivity (Wildman–Crippen MR) is 540 cm³/mol. The zero-order chi connectivity index (χ0) is 99.5. The van der Waals surface area contributed by atoms with Crippen molar-refractivity contribution in [1.82, 2.24) is 72.3 Å². The number of nitrogens with one attached hydrogen (secondary N) is 5. The predicted octanol–water partition coefficient (Wildman–Crippen LogP) is 13.4. The van der Waals surface area contributed by atoms with E-state index in [0.29, 0.717) is 75.5 Å². The maximum Gasteiger partial charge on any atom is 0.345 e. The number of H-pyrrole nitrogens is 5. The minimum Gasteiger partial charge on any atom is -0.507 e. The fraction of sp³-hybridized carbons (Fsp3) is 0.327. The number of carboxylic acids is 5. The summed E-state index contributed by atoms with van der Waals surface area (Å²) in [5, 5.41) is 71.0. The summed E-state index contributed by atoms with van der Waals surface area (Å²) in [4.78, 5) is 142. The van der Waals surface area contributed by atoms with Crippen LogP contribution in [0.2, 0.25) is 0 Å². The molecule has 0 aliphatic carbocycles. The molecule has 0 unspecified atom stereocenters. The molecule has 4 saturated heterocycles. The number of hydrogen-bond donors (Lipinski definition) is 15. The van der Waals surface area contributed by atoms with Gasteiger partial charge < -0.3 is 106 Å². The number of nitrogens with zero attached hydrogens (tertiary/aromatic N) is 10. The van der Waals surface area contributed by atoms with Crippen LogP contribution in [0.1, 0.15) is 169 Å². The van der Waals surface area contributed by atoms with E-state index in [-0.39, 0.29) is 28.2 Å². The second-order valence-corrected chi connectivity index (χ2v) is 36.4. The molecule has 19 rings (SSSR count). The van der Waals surface area contributed by atoms with Gasteiger partial charge in [-0.05, 0) is 249 Å². The highest BCUT2D eigenvalue weighted by atomic mass is 16.4. The van der Waals surface area contributed by atoms with Gasteiger partial charge in [0, 0.05) is 180 Å². The van der Waals surface area contributed by atoms with Crippen LogP contribution in [0.25, 0.3) is 111 Å². The Hall–Kier alpha value is -15.3. The molecule has 14 heterocycles. The van der Waals surface area contributed by atoms with Crippen molar-refractivity contribution in [2.75, 3.05) is 83.7 Å². The summed E-state index contributed by atoms with van der Waals surface area (Å²) in [5.41, 5.74) is 32.1. The molecule has 0 atom stereocenters. The summed E-state index contributed by atoms with van der Waals surface area (Å²) >= 11 is 0. The molecule has 4 aliphatic rings. The number of anilines is 3. The Morgan fingerprint density at radius 3 is 0.777 bits per heavy atom. The minimum absolute atomic E-state index is 0.0326. The third kappa shape index (κ3) is 20.4. The Morgan fingerprint density at radius 1 is 0.309 bits per heavy atom. The largest absolute Gasteiger partial charge is 0.507 e. The van der Waals surface area contributed by atoms with Gasteiger partial charge in [0.15, 0.2) is 11.1 Å². The van der Waals surface area contributed by atoms with Crippen LogP contribution in [0.5, 0.6) is 11.5 Å². The van der Waals surface area contributed by atoms with Crippen molar-refractivity contribution in [3.63, 3.8) is 0 Å². The van der Waals surface area contributed by atoms with Gasteiger partial charge in [-0.15, -0.1) is 0 Å². The van der Waals surface area contributed by atoms with Gasteiger partial charge in [-0.1, -0.05) is 57.5 Å². The van der Waals surface area contributed by atoms with E-state index in [9.17, 15) is 73.5 Å². The second kappa shape index (κ2) is 41.3. The zero-order valence-corrected chi connectivity index (χ0v) is 79.6. The molecule has 10 aromatic heterocycles. The van der Waals surface area contributed by atoms with Crippen LogP contribution >= 0.6 is 0 Å². The monoisotopic (exact) mass is 1890 g/mol. The van der Waals surface area contributed by atoms with Gasteiger partial charge in [0.2, 0.25) is 0 Å². The lowest BCUT2D eigenvalue weighted by atomic mass is 9.99. The van der Waals surface area contributed by atoms with E-state index in [4.69, 9.17) is 27.4 Å². The van der Waals surface area contributed by atoms with Crippen LogP contribution in [0.3, 0.4) is 0 Å². The van der Waals surface area contributed by atoms with Crippen LogP contribution in [0, 0.1) is 0 Å². The number of aromatic amines is 5. The van der Waals surface area contributed by atoms with E-state index in [1.165, 1.54) is 92.0 Å². The number of aryl methyl sites for hydroxylation is 5. The number of aromatic hydroxyl groups is 2. The van der Waals surface area contributed by atoms with Crippen molar-refractivity contribution in [1.29, 1.82) is 0 Å². The standard InChI is InChI=1S/C23H28N4O3.C22H26N4O3.C20H24N4O3.C20H21N3O4.C19H19N3O4/c1-3-17-20(24)19(23(29)30)22(28)25-21(17)14-7-8-18-15(11-14)12-16(26(18)2)13-27-9-5-4-6-10-27;1-3-16-19(23)18(22(28)29)21(27)24-20(16)13-6-7-17-14(10-13)11-15(25(17)2)12-26-8-4-5-9-26;1-5-14-17(21)16(20(26)27)19(25)22-18(14)11-6-7-15-12(8-11)9-13(24(15)4)10-23(2)3;1-22-14(11-23-6-2-3-7-23)9-13-8-12(4-5-16(13)22)15-10-17(24)18(20(26)27)19(25)21-15;1-21-13(10-22-5-2-6-22)8-12-7-11(3-4-15(12)21)14-9-16(23)17(19(25)26)18(24)20-14/h7-8,11-12H,3-6,9-10,13H2,1-2H3,(H,29,30)(H3,24,25,28);6-7,10-11H,3-5,8-9,12H2,1-2H3,(H,28,29)(H3,23,24,27);6-9H,5,10H2,1-4H3,(H,26,27)(H3,21,22,25);4-5,8-10H,2-3,6-7,11H2,1H3,(H,26,27)(H2,21,24,25);3-4,7-9H,2,5-6,10H2,1H3,(H,25,26)(H2,20,23,24). The quantitative estimate of drug-likeness (QED) is 0.0283. The fourth-order valence-corrected chi connectivity index (χ4v) is 19.6. The van der Waals surface area contributed by atoms with E-state index in [1.54, 1.807) is 0 Å². The van der Waals surface area contributed by atoms with Gasteiger partial charge in [0.05, 0.1) is 45.5 Å². The molecule has 0 spiro atoms. The first kappa shape index (κ1) is 98.2. The highest BCUT2D eigenvalue weighted by Crippen LogP contribution is 2.38. The molecular weight excluding hydrogens is 1770 g/mol. The van der Waals surface area contributed by atoms with Crippen molar-refractivity contribution in [3.8, 4) is 67.8 Å². The van der Waals surface area contributed by atoms with Crippen molar-refractivity contribution >= 4 is 101 Å². The maximum atomic E-state index is 12.4. The molecule has 4 aliphatic heterocycles. The Kier molecular flexibility index (Phi) is 29.2. The average Bonchev–Trinajstić information content (AvgIpc) is 1.28.